The van der Waals surface area contributed by atoms with E-state index in [1.807, 2.05) is 0 Å². The number of azo groups is 1. The molecule has 0 spiro atoms. The van der Waals surface area contributed by atoms with Gasteiger partial charge in [-0.1, -0.05) is 38.2 Å². The summed E-state index contributed by atoms with van der Waals surface area (Å²) in [5.41, 5.74) is 1.71. The number of carbonyl (C=O) groups excluding carboxylic acids is 5. The first kappa shape index (κ1) is 41.3. The molecule has 3 aliphatic heterocycles. The van der Waals surface area contributed by atoms with E-state index in [-0.39, 0.29) is 78.2 Å². The number of amides is 5. The molecule has 17 nitrogen and oxygen atoms in total. The van der Waals surface area contributed by atoms with Crippen LogP contribution in [0.3, 0.4) is 0 Å². The van der Waals surface area contributed by atoms with Crippen LogP contribution in [-0.4, -0.2) is 89.3 Å². The molecule has 310 valence electrons. The van der Waals surface area contributed by atoms with Crippen molar-refractivity contribution in [3.05, 3.63) is 65.5 Å². The monoisotopic (exact) mass is 844 g/mol. The van der Waals surface area contributed by atoms with Crippen LogP contribution in [0.25, 0.3) is 0 Å². The molecule has 5 amide bonds. The van der Waals surface area contributed by atoms with Crippen molar-refractivity contribution < 1.29 is 42.6 Å². The summed E-state index contributed by atoms with van der Waals surface area (Å²) in [6.07, 6.45) is 4.87. The lowest BCUT2D eigenvalue weighted by atomic mass is 9.94. The second-order valence-electron chi connectivity index (χ2n) is 15.2. The third-order valence-electron chi connectivity index (χ3n) is 10.2. The van der Waals surface area contributed by atoms with Gasteiger partial charge in [-0.3, -0.25) is 29.3 Å². The smallest absolute Gasteiger partial charge is 0.260 e. The maximum Gasteiger partial charge on any atom is 0.260 e. The van der Waals surface area contributed by atoms with Gasteiger partial charge in [-0.2, -0.15) is 10.2 Å². The second-order valence-corrected chi connectivity index (χ2v) is 17.5. The molecule has 0 bridgehead atoms. The molecule has 19 heteroatoms. The lowest BCUT2D eigenvalue weighted by Gasteiger charge is -2.31. The summed E-state index contributed by atoms with van der Waals surface area (Å²) >= 11 is 2.93. The molecule has 2 saturated heterocycles. The van der Waals surface area contributed by atoms with Crippen LogP contribution in [0, 0.1) is 5.92 Å². The molecule has 2 aromatic carbocycles. The predicted octanol–water partition coefficient (Wildman–Crippen LogP) is 6.17. The molecular formula is C40H44N8O9S2. The zero-order valence-corrected chi connectivity index (χ0v) is 34.9. The Kier molecular flexibility index (Phi) is 12.3. The van der Waals surface area contributed by atoms with Crippen molar-refractivity contribution in [3.8, 4) is 17.2 Å². The van der Waals surface area contributed by atoms with Crippen LogP contribution in [0.1, 0.15) is 74.0 Å². The van der Waals surface area contributed by atoms with Crippen LogP contribution >= 0.6 is 23.1 Å². The molecule has 2 N–H and O–H groups in total. The highest BCUT2D eigenvalue weighted by Gasteiger charge is 2.40. The highest BCUT2D eigenvalue weighted by molar-refractivity contribution is 8.00. The minimum atomic E-state index is -0.752. The van der Waals surface area contributed by atoms with E-state index < -0.39 is 11.9 Å². The summed E-state index contributed by atoms with van der Waals surface area (Å²) in [6, 6.07) is 7.50. The zero-order chi connectivity index (χ0) is 41.8. The van der Waals surface area contributed by atoms with Gasteiger partial charge in [-0.15, -0.1) is 11.8 Å². The number of aromatic nitrogens is 2. The number of carbonyl (C=O) groups is 5. The predicted molar refractivity (Wildman–Crippen MR) is 217 cm³/mol. The maximum absolute atomic E-state index is 13.3. The van der Waals surface area contributed by atoms with Crippen LogP contribution in [0.2, 0.25) is 0 Å². The standard InChI is InChI=1S/C40H44N8O9S2/c1-40(2,3)30-17-41-32(57-30)21-58-34-18-42-39(59-34)44-36(51)22-11-13-47(14-12-22)33(50)20-56-35-28(54-4)15-23(16-29(35)55-5)45-46-26-8-6-7-24-25(26)19-48(38(24)53)27-9-10-31(49)43-37(27)52/h6-8,15-18,22,27H,9-14,19-21H2,1-5H3,(H,42,44,51)(H,43,49,52)/b46-45-. The van der Waals surface area contributed by atoms with E-state index in [9.17, 15) is 24.0 Å². The van der Waals surface area contributed by atoms with Crippen molar-refractivity contribution in [1.82, 2.24) is 25.1 Å². The molecule has 0 aliphatic carbocycles. The number of hydrogen-bond donors (Lipinski definition) is 2. The first-order chi connectivity index (χ1) is 28.3. The number of nitrogens with one attached hydrogen (secondary N) is 2. The van der Waals surface area contributed by atoms with Gasteiger partial charge in [0.05, 0.1) is 48.0 Å². The number of imide groups is 1. The van der Waals surface area contributed by atoms with Gasteiger partial charge >= 0.3 is 0 Å². The van der Waals surface area contributed by atoms with E-state index in [4.69, 9.17) is 18.6 Å². The fourth-order valence-electron chi connectivity index (χ4n) is 6.90. The number of benzene rings is 2. The molecule has 0 radical (unpaired) electrons. The Hall–Kier alpha value is -5.82. The Labute approximate surface area is 348 Å². The van der Waals surface area contributed by atoms with E-state index in [1.54, 1.807) is 59.4 Å². The molecule has 0 saturated carbocycles. The number of thioether (sulfide) groups is 1. The van der Waals surface area contributed by atoms with Crippen molar-refractivity contribution in [3.63, 3.8) is 0 Å². The molecule has 2 fully saturated rings. The number of anilines is 1. The van der Waals surface area contributed by atoms with Crippen LogP contribution in [0.15, 0.2) is 61.6 Å². The van der Waals surface area contributed by atoms with Gasteiger partial charge in [0, 0.05) is 60.6 Å². The number of nitrogens with zero attached hydrogens (tertiary/aromatic N) is 6. The highest BCUT2D eigenvalue weighted by Crippen LogP contribution is 2.42. The average molecular weight is 845 g/mol. The summed E-state index contributed by atoms with van der Waals surface area (Å²) in [7, 11) is 2.90. The number of methoxy groups -OCH3 is 2. The number of fused-ring (bicyclic) bond motifs is 1. The fraction of sp³-hybridized carbons (Fsp3) is 0.425. The topological polar surface area (TPSA) is 207 Å². The van der Waals surface area contributed by atoms with Gasteiger partial charge in [-0.05, 0) is 31.4 Å². The molecule has 1 unspecified atom stereocenters. The molecule has 1 atom stereocenters. The van der Waals surface area contributed by atoms with E-state index >= 15 is 0 Å². The number of likely N-dealkylation sites (tertiary alicyclic amines) is 1. The first-order valence-corrected chi connectivity index (χ1v) is 20.8. The Bertz CT molecular complexity index is 2270. The van der Waals surface area contributed by atoms with Gasteiger partial charge in [0.25, 0.3) is 11.8 Å². The minimum absolute atomic E-state index is 0.117. The van der Waals surface area contributed by atoms with Gasteiger partial charge in [0.2, 0.25) is 29.4 Å². The number of piperidine rings is 2. The van der Waals surface area contributed by atoms with Gasteiger partial charge < -0.3 is 33.7 Å². The molecule has 3 aliphatic rings. The van der Waals surface area contributed by atoms with E-state index in [0.717, 1.165) is 9.97 Å². The zero-order valence-electron chi connectivity index (χ0n) is 33.2. The second kappa shape index (κ2) is 17.6. The molecule has 2 aromatic heterocycles. The number of thiazole rings is 1. The van der Waals surface area contributed by atoms with Gasteiger partial charge in [0.15, 0.2) is 23.2 Å². The first-order valence-electron chi connectivity index (χ1n) is 19.0. The van der Waals surface area contributed by atoms with Crippen molar-refractivity contribution in [2.24, 2.45) is 16.1 Å². The number of rotatable bonds is 13. The normalized spacial score (nSPS) is 17.3. The summed E-state index contributed by atoms with van der Waals surface area (Å²) in [5.74, 6) is 0.926. The largest absolute Gasteiger partial charge is 0.493 e. The average Bonchev–Trinajstić information content (AvgIpc) is 3.98. The Balaban J connectivity index is 0.906. The molecule has 7 rings (SSSR count). The number of ether oxygens (including phenoxy) is 3. The van der Waals surface area contributed by atoms with Crippen molar-refractivity contribution >= 4 is 69.1 Å². The Morgan fingerprint density at radius 1 is 1.03 bits per heavy atom. The van der Waals surface area contributed by atoms with Gasteiger partial charge in [-0.25, -0.2) is 9.97 Å². The molecule has 5 heterocycles. The summed E-state index contributed by atoms with van der Waals surface area (Å²) in [6.45, 7) is 6.84. The summed E-state index contributed by atoms with van der Waals surface area (Å²) in [4.78, 5) is 75.6. The van der Waals surface area contributed by atoms with Crippen LogP contribution in [0.5, 0.6) is 17.2 Å². The van der Waals surface area contributed by atoms with Crippen molar-refractivity contribution in [2.45, 2.75) is 74.4 Å². The lowest BCUT2D eigenvalue weighted by molar-refractivity contribution is -0.137. The molecular weight excluding hydrogens is 801 g/mol. The lowest BCUT2D eigenvalue weighted by Crippen LogP contribution is -2.52. The third kappa shape index (κ3) is 9.41. The summed E-state index contributed by atoms with van der Waals surface area (Å²) < 4.78 is 23.9. The minimum Gasteiger partial charge on any atom is -0.493 e. The van der Waals surface area contributed by atoms with Crippen molar-refractivity contribution in [2.75, 3.05) is 39.2 Å². The quantitative estimate of drug-likeness (QED) is 0.0880. The van der Waals surface area contributed by atoms with Crippen molar-refractivity contribution in [1.29, 1.82) is 0 Å². The SMILES string of the molecule is COc1cc(/N=N\c2cccc3c2CN(C2CCC(=O)NC2=O)C3=O)cc(OC)c1OCC(=O)N1CCC(C(=O)Nc2ncc(SCc3ncc(C(C)(C)C)o3)s2)CC1. The van der Waals surface area contributed by atoms with E-state index in [0.29, 0.717) is 65.2 Å². The number of hydrogen-bond acceptors (Lipinski definition) is 15. The number of oxazole rings is 1. The van der Waals surface area contributed by atoms with Crippen LogP contribution in [-0.2, 0) is 36.9 Å². The highest BCUT2D eigenvalue weighted by atomic mass is 32.2. The van der Waals surface area contributed by atoms with Crippen LogP contribution < -0.4 is 24.8 Å². The Morgan fingerprint density at radius 2 is 1.78 bits per heavy atom. The van der Waals surface area contributed by atoms with Crippen LogP contribution in [0.4, 0.5) is 16.5 Å². The maximum atomic E-state index is 13.3. The Morgan fingerprint density at radius 3 is 2.46 bits per heavy atom. The molecule has 4 aromatic rings. The van der Waals surface area contributed by atoms with E-state index in [2.05, 4.69) is 51.6 Å². The van der Waals surface area contributed by atoms with E-state index in [1.165, 1.54) is 30.5 Å². The molecule has 59 heavy (non-hydrogen) atoms. The fourth-order valence-corrected chi connectivity index (χ4v) is 8.63. The third-order valence-corrected chi connectivity index (χ3v) is 12.3. The van der Waals surface area contributed by atoms with Gasteiger partial charge in [0.1, 0.15) is 11.8 Å². The summed E-state index contributed by atoms with van der Waals surface area (Å²) in [5, 5.41) is 14.6.